The van der Waals surface area contributed by atoms with Gasteiger partial charge in [-0.1, -0.05) is 35.9 Å². The molecule has 0 fully saturated rings. The van der Waals surface area contributed by atoms with E-state index in [1.165, 1.54) is 0 Å². The summed E-state index contributed by atoms with van der Waals surface area (Å²) in [7, 11) is 1.57. The van der Waals surface area contributed by atoms with Gasteiger partial charge in [0, 0.05) is 5.56 Å². The number of hydrogen-bond acceptors (Lipinski definition) is 2. The highest BCUT2D eigenvalue weighted by Gasteiger charge is 2.17. The van der Waals surface area contributed by atoms with Gasteiger partial charge in [0.05, 0.1) is 12.8 Å². The lowest BCUT2D eigenvalue weighted by Crippen LogP contribution is -1.81. The Kier molecular flexibility index (Phi) is 2.30. The smallest absolute Gasteiger partial charge is 0.233 e. The molecule has 0 saturated heterocycles. The monoisotopic (exact) mass is 207 g/mol. The van der Waals surface area contributed by atoms with Crippen LogP contribution in [0, 0.1) is 6.92 Å². The summed E-state index contributed by atoms with van der Waals surface area (Å²) in [6.45, 7) is 2.01. The largest absolute Gasteiger partial charge is 0.480 e. The van der Waals surface area contributed by atoms with Crippen LogP contribution in [0.2, 0.25) is 5.02 Å². The molecular formula is C11H10ClNO. The van der Waals surface area contributed by atoms with E-state index in [0.29, 0.717) is 10.9 Å². The Hall–Kier alpha value is -1.28. The summed E-state index contributed by atoms with van der Waals surface area (Å²) >= 11 is 6.10. The second-order valence-corrected chi connectivity index (χ2v) is 3.48. The predicted molar refractivity (Wildman–Crippen MR) is 57.2 cm³/mol. The number of halogens is 1. The molecule has 0 N–H and O–H groups in total. The van der Waals surface area contributed by atoms with E-state index in [1.54, 1.807) is 7.11 Å². The van der Waals surface area contributed by atoms with Crippen molar-refractivity contribution in [2.45, 2.75) is 6.92 Å². The highest BCUT2D eigenvalue weighted by atomic mass is 35.5. The van der Waals surface area contributed by atoms with Gasteiger partial charge >= 0.3 is 0 Å². The van der Waals surface area contributed by atoms with Gasteiger partial charge in [-0.05, 0) is 12.5 Å². The minimum absolute atomic E-state index is 0.496. The third-order valence-electron chi connectivity index (χ3n) is 2.18. The minimum Gasteiger partial charge on any atom is -0.480 e. The van der Waals surface area contributed by atoms with E-state index in [4.69, 9.17) is 16.3 Å². The summed E-state index contributed by atoms with van der Waals surface area (Å²) in [4.78, 5) is 4.32. The zero-order valence-electron chi connectivity index (χ0n) is 8.04. The van der Waals surface area contributed by atoms with Crippen molar-refractivity contribution in [1.29, 1.82) is 0 Å². The van der Waals surface area contributed by atoms with E-state index in [2.05, 4.69) is 4.98 Å². The third-order valence-corrected chi connectivity index (χ3v) is 2.55. The number of methoxy groups -OCH3 is 1. The zero-order valence-corrected chi connectivity index (χ0v) is 8.80. The van der Waals surface area contributed by atoms with Crippen LogP contribution in [-0.4, -0.2) is 12.1 Å². The maximum Gasteiger partial charge on any atom is 0.233 e. The summed E-state index contributed by atoms with van der Waals surface area (Å²) < 4.78 is 5.07. The Morgan fingerprint density at radius 2 is 2.00 bits per heavy atom. The molecule has 0 unspecified atom stereocenters. The number of aryl methyl sites for hydroxylation is 1. The van der Waals surface area contributed by atoms with Crippen molar-refractivity contribution in [3.63, 3.8) is 0 Å². The van der Waals surface area contributed by atoms with Gasteiger partial charge in [0.15, 0.2) is 0 Å². The molecule has 0 radical (unpaired) electrons. The highest BCUT2D eigenvalue weighted by Crippen LogP contribution is 2.38. The molecule has 2 rings (SSSR count). The van der Waals surface area contributed by atoms with E-state index in [-0.39, 0.29) is 0 Å². The van der Waals surface area contributed by atoms with Gasteiger partial charge in [-0.2, -0.15) is 0 Å². The summed E-state index contributed by atoms with van der Waals surface area (Å²) in [5.74, 6) is 0.496. The van der Waals surface area contributed by atoms with Gasteiger partial charge in [0.1, 0.15) is 5.02 Å². The Labute approximate surface area is 87.8 Å². The molecular weight excluding hydrogens is 198 g/mol. The lowest BCUT2D eigenvalue weighted by molar-refractivity contribution is 0.401. The average molecular weight is 208 g/mol. The molecule has 1 aliphatic carbocycles. The zero-order chi connectivity index (χ0) is 10.1. The van der Waals surface area contributed by atoms with Gasteiger partial charge < -0.3 is 4.74 Å². The van der Waals surface area contributed by atoms with Crippen molar-refractivity contribution in [2.24, 2.45) is 0 Å². The van der Waals surface area contributed by atoms with Crippen LogP contribution in [0.4, 0.5) is 0 Å². The first-order valence-electron chi connectivity index (χ1n) is 4.33. The molecule has 3 heteroatoms. The first-order valence-corrected chi connectivity index (χ1v) is 4.70. The SMILES string of the molecule is COc1nc2c(C)ccccc-2c1Cl. The number of aromatic nitrogens is 1. The van der Waals surface area contributed by atoms with Gasteiger partial charge in [-0.3, -0.25) is 0 Å². The molecule has 0 aromatic rings. The maximum absolute atomic E-state index is 6.10. The number of ether oxygens (including phenoxy) is 1. The maximum atomic E-state index is 6.10. The van der Waals surface area contributed by atoms with Crippen molar-refractivity contribution in [3.05, 3.63) is 34.9 Å². The Balaban J connectivity index is 2.77. The van der Waals surface area contributed by atoms with E-state index in [0.717, 1.165) is 16.8 Å². The van der Waals surface area contributed by atoms with Crippen LogP contribution in [0.5, 0.6) is 5.88 Å². The van der Waals surface area contributed by atoms with Gasteiger partial charge in [-0.25, -0.2) is 4.98 Å². The highest BCUT2D eigenvalue weighted by molar-refractivity contribution is 6.35. The van der Waals surface area contributed by atoms with E-state index in [1.807, 2.05) is 31.2 Å². The fourth-order valence-electron chi connectivity index (χ4n) is 1.45. The fourth-order valence-corrected chi connectivity index (χ4v) is 1.72. The summed E-state index contributed by atoms with van der Waals surface area (Å²) in [5.41, 5.74) is 2.93. The van der Waals surface area contributed by atoms with Crippen LogP contribution >= 0.6 is 11.6 Å². The second-order valence-electron chi connectivity index (χ2n) is 3.10. The molecule has 14 heavy (non-hydrogen) atoms. The van der Waals surface area contributed by atoms with Crippen molar-refractivity contribution in [3.8, 4) is 17.1 Å². The molecule has 72 valence electrons. The summed E-state index contributed by atoms with van der Waals surface area (Å²) in [5, 5.41) is 0.585. The minimum atomic E-state index is 0.496. The van der Waals surface area contributed by atoms with Crippen LogP contribution in [0.15, 0.2) is 24.3 Å². The van der Waals surface area contributed by atoms with Crippen LogP contribution in [0.3, 0.4) is 0 Å². The van der Waals surface area contributed by atoms with Crippen molar-refractivity contribution < 1.29 is 4.74 Å². The first-order chi connectivity index (χ1) is 6.74. The van der Waals surface area contributed by atoms with Gasteiger partial charge in [-0.15, -0.1) is 0 Å². The molecule has 0 bridgehead atoms. The lowest BCUT2D eigenvalue weighted by Gasteiger charge is -1.92. The molecule has 0 amide bonds. The number of fused-ring (bicyclic) bond motifs is 1. The molecule has 1 heterocycles. The molecule has 2 nitrogen and oxygen atoms in total. The van der Waals surface area contributed by atoms with E-state index in [9.17, 15) is 0 Å². The van der Waals surface area contributed by atoms with Crippen LogP contribution in [-0.2, 0) is 0 Å². The molecule has 0 atom stereocenters. The summed E-state index contributed by atoms with van der Waals surface area (Å²) in [6, 6.07) is 7.87. The molecule has 2 aliphatic rings. The standard InChI is InChI=1S/C11H10ClNO/c1-7-5-3-4-6-8-9(12)11(14-2)13-10(7)8/h3-6H,1-2H3. The first kappa shape index (κ1) is 9.28. The van der Waals surface area contributed by atoms with Crippen LogP contribution in [0.25, 0.3) is 11.3 Å². The number of rotatable bonds is 1. The van der Waals surface area contributed by atoms with Crippen molar-refractivity contribution in [1.82, 2.24) is 4.98 Å². The Morgan fingerprint density at radius 1 is 1.29 bits per heavy atom. The van der Waals surface area contributed by atoms with Crippen LogP contribution < -0.4 is 4.74 Å². The normalized spacial score (nSPS) is 10.5. The van der Waals surface area contributed by atoms with Crippen LogP contribution in [0.1, 0.15) is 5.56 Å². The number of hydrogen-bond donors (Lipinski definition) is 0. The predicted octanol–water partition coefficient (Wildman–Crippen LogP) is 3.16. The van der Waals surface area contributed by atoms with Crippen molar-refractivity contribution in [2.75, 3.05) is 7.11 Å². The molecule has 0 spiro atoms. The quantitative estimate of drug-likeness (QED) is 0.717. The molecule has 0 aromatic carbocycles. The van der Waals surface area contributed by atoms with E-state index >= 15 is 0 Å². The third kappa shape index (κ3) is 1.32. The Morgan fingerprint density at radius 3 is 2.71 bits per heavy atom. The van der Waals surface area contributed by atoms with Crippen molar-refractivity contribution >= 4 is 11.6 Å². The average Bonchev–Trinajstić information content (AvgIpc) is 2.38. The topological polar surface area (TPSA) is 22.1 Å². The number of nitrogens with zero attached hydrogens (tertiary/aromatic N) is 1. The van der Waals surface area contributed by atoms with Gasteiger partial charge in [0.25, 0.3) is 0 Å². The second kappa shape index (κ2) is 3.46. The van der Waals surface area contributed by atoms with E-state index < -0.39 is 0 Å². The molecule has 1 aliphatic heterocycles. The van der Waals surface area contributed by atoms with Gasteiger partial charge in [0.2, 0.25) is 5.88 Å². The molecule has 0 saturated carbocycles. The Bertz CT molecular complexity index is 442. The molecule has 0 aromatic heterocycles. The lowest BCUT2D eigenvalue weighted by atomic mass is 10.2. The fraction of sp³-hybridized carbons (Fsp3) is 0.182. The summed E-state index contributed by atoms with van der Waals surface area (Å²) in [6.07, 6.45) is 0.